The Kier molecular flexibility index (Phi) is 7.48. The number of nitrogens with zero attached hydrogens (tertiary/aromatic N) is 5. The van der Waals surface area contributed by atoms with Crippen LogP contribution < -0.4 is 14.8 Å². The number of hydrogen-bond acceptors (Lipinski definition) is 8. The minimum absolute atomic E-state index is 0.0326. The quantitative estimate of drug-likeness (QED) is 0.467. The molecule has 2 N–H and O–H groups in total. The van der Waals surface area contributed by atoms with E-state index in [1.807, 2.05) is 52.1 Å². The van der Waals surface area contributed by atoms with Crippen molar-refractivity contribution in [1.82, 2.24) is 25.0 Å². The van der Waals surface area contributed by atoms with Gasteiger partial charge in [0.25, 0.3) is 0 Å². The Morgan fingerprint density at radius 2 is 2.09 bits per heavy atom. The summed E-state index contributed by atoms with van der Waals surface area (Å²) < 4.78 is 13.7. The van der Waals surface area contributed by atoms with E-state index in [9.17, 15) is 9.90 Å². The molecule has 186 valence electrons. The lowest BCUT2D eigenvalue weighted by Gasteiger charge is -2.27. The van der Waals surface area contributed by atoms with Gasteiger partial charge in [0.1, 0.15) is 11.4 Å². The Bertz CT molecular complexity index is 1180. The van der Waals surface area contributed by atoms with Crippen LogP contribution >= 0.6 is 0 Å². The van der Waals surface area contributed by atoms with E-state index in [-0.39, 0.29) is 18.1 Å². The largest absolute Gasteiger partial charge is 0.489 e. The third kappa shape index (κ3) is 5.87. The zero-order chi connectivity index (χ0) is 24.9. The van der Waals surface area contributed by atoms with Crippen molar-refractivity contribution in [3.8, 4) is 22.9 Å². The molecular formula is C25H32N6O4. The Morgan fingerprint density at radius 3 is 2.83 bits per heavy atom. The van der Waals surface area contributed by atoms with Gasteiger partial charge in [0.2, 0.25) is 0 Å². The maximum atomic E-state index is 11.4. The van der Waals surface area contributed by atoms with Gasteiger partial charge >= 0.3 is 5.97 Å². The second kappa shape index (κ2) is 10.7. The molecule has 1 aliphatic rings. The average Bonchev–Trinajstić information content (AvgIpc) is 3.20. The highest BCUT2D eigenvalue weighted by Gasteiger charge is 2.28. The summed E-state index contributed by atoms with van der Waals surface area (Å²) in [5.74, 6) is 0.899. The monoisotopic (exact) mass is 480 g/mol. The molecule has 1 aliphatic carbocycles. The Morgan fingerprint density at radius 1 is 1.26 bits per heavy atom. The third-order valence-electron chi connectivity index (χ3n) is 6.05. The summed E-state index contributed by atoms with van der Waals surface area (Å²) in [4.78, 5) is 20.5. The van der Waals surface area contributed by atoms with Gasteiger partial charge in [-0.15, -0.1) is 5.10 Å². The summed E-state index contributed by atoms with van der Waals surface area (Å²) in [6.07, 6.45) is 4.55. The van der Waals surface area contributed by atoms with Crippen LogP contribution in [0.3, 0.4) is 0 Å². The molecule has 3 aromatic heterocycles. The van der Waals surface area contributed by atoms with Gasteiger partial charge in [-0.25, -0.2) is 14.6 Å². The van der Waals surface area contributed by atoms with E-state index in [0.29, 0.717) is 48.1 Å². The lowest BCUT2D eigenvalue weighted by Crippen LogP contribution is -2.29. The van der Waals surface area contributed by atoms with Crippen molar-refractivity contribution >= 4 is 11.8 Å². The number of nitrogens with one attached hydrogen (secondary N) is 1. The maximum Gasteiger partial charge on any atom is 0.306 e. The molecule has 0 aromatic carbocycles. The van der Waals surface area contributed by atoms with E-state index in [0.717, 1.165) is 24.2 Å². The van der Waals surface area contributed by atoms with Crippen molar-refractivity contribution in [1.29, 1.82) is 0 Å². The van der Waals surface area contributed by atoms with Crippen molar-refractivity contribution in [2.75, 3.05) is 5.32 Å². The van der Waals surface area contributed by atoms with E-state index in [1.165, 1.54) is 0 Å². The van der Waals surface area contributed by atoms with Crippen LogP contribution in [0.1, 0.15) is 50.9 Å². The molecule has 0 unspecified atom stereocenters. The molecule has 10 nitrogen and oxygen atoms in total. The molecule has 0 spiro atoms. The number of pyridine rings is 2. The van der Waals surface area contributed by atoms with E-state index < -0.39 is 5.97 Å². The van der Waals surface area contributed by atoms with Gasteiger partial charge in [-0.3, -0.25) is 4.79 Å². The van der Waals surface area contributed by atoms with Gasteiger partial charge in [0.05, 0.1) is 41.8 Å². The van der Waals surface area contributed by atoms with Crippen LogP contribution in [0.2, 0.25) is 0 Å². The SMILES string of the molecule is Cc1nc(-c2nnn(C)c2CNc2ncccc2OC(C)C)ccc1O[C@H]1CCC[C@H](C(=O)O)C1. The number of carbonyl (C=O) groups is 1. The van der Waals surface area contributed by atoms with Crippen LogP contribution in [-0.4, -0.2) is 48.2 Å². The maximum absolute atomic E-state index is 11.4. The normalized spacial score (nSPS) is 17.9. The molecule has 0 aliphatic heterocycles. The number of hydrogen-bond donors (Lipinski definition) is 2. The van der Waals surface area contributed by atoms with Gasteiger partial charge < -0.3 is 19.9 Å². The lowest BCUT2D eigenvalue weighted by molar-refractivity contribution is -0.143. The Hall–Kier alpha value is -3.69. The first-order chi connectivity index (χ1) is 16.8. The highest BCUT2D eigenvalue weighted by Crippen LogP contribution is 2.31. The number of aliphatic carboxylic acids is 1. The van der Waals surface area contributed by atoms with Crippen LogP contribution in [0.25, 0.3) is 11.4 Å². The molecule has 4 rings (SSSR count). The molecule has 0 bridgehead atoms. The third-order valence-corrected chi connectivity index (χ3v) is 6.05. The standard InChI is InChI=1S/C25H32N6O4/c1-15(2)34-22-9-6-12-26-24(22)27-14-20-23(29-30-31(20)4)19-10-11-21(16(3)28-19)35-18-8-5-7-17(13-18)25(32)33/h6,9-12,15,17-18H,5,7-8,13-14H2,1-4H3,(H,26,27)(H,32,33)/t17-,18-/m0/s1. The van der Waals surface area contributed by atoms with E-state index in [2.05, 4.69) is 20.6 Å². The summed E-state index contributed by atoms with van der Waals surface area (Å²) in [7, 11) is 1.84. The second-order valence-corrected chi connectivity index (χ2v) is 9.10. The first-order valence-electron chi connectivity index (χ1n) is 11.9. The second-order valence-electron chi connectivity index (χ2n) is 9.10. The number of aryl methyl sites for hydroxylation is 2. The van der Waals surface area contributed by atoms with Crippen molar-refractivity contribution in [3.05, 3.63) is 41.9 Å². The lowest BCUT2D eigenvalue weighted by atomic mass is 9.87. The highest BCUT2D eigenvalue weighted by atomic mass is 16.5. The molecule has 1 fully saturated rings. The summed E-state index contributed by atoms with van der Waals surface area (Å²) in [6.45, 7) is 6.26. The van der Waals surface area contributed by atoms with Gasteiger partial charge in [0, 0.05) is 13.2 Å². The Balaban J connectivity index is 1.49. The smallest absolute Gasteiger partial charge is 0.306 e. The molecule has 3 aromatic rings. The number of carboxylic acids is 1. The number of carboxylic acid groups (broad SMARTS) is 1. The van der Waals surface area contributed by atoms with E-state index >= 15 is 0 Å². The van der Waals surface area contributed by atoms with Gasteiger partial charge in [-0.1, -0.05) is 5.21 Å². The summed E-state index contributed by atoms with van der Waals surface area (Å²) >= 11 is 0. The molecule has 0 radical (unpaired) electrons. The first-order valence-corrected chi connectivity index (χ1v) is 11.9. The Labute approximate surface area is 204 Å². The van der Waals surface area contributed by atoms with Gasteiger partial charge in [-0.05, 0) is 70.7 Å². The fourth-order valence-electron chi connectivity index (χ4n) is 4.27. The fourth-order valence-corrected chi connectivity index (χ4v) is 4.27. The van der Waals surface area contributed by atoms with Gasteiger partial charge in [-0.2, -0.15) is 0 Å². The number of anilines is 1. The highest BCUT2D eigenvalue weighted by molar-refractivity contribution is 5.70. The molecule has 2 atom stereocenters. The van der Waals surface area contributed by atoms with Crippen LogP contribution in [0.15, 0.2) is 30.5 Å². The van der Waals surface area contributed by atoms with Crippen LogP contribution in [0, 0.1) is 12.8 Å². The fraction of sp³-hybridized carbons (Fsp3) is 0.480. The van der Waals surface area contributed by atoms with Crippen molar-refractivity contribution in [3.63, 3.8) is 0 Å². The summed E-state index contributed by atoms with van der Waals surface area (Å²) in [5, 5.41) is 21.2. The van der Waals surface area contributed by atoms with Crippen LogP contribution in [0.5, 0.6) is 11.5 Å². The minimum atomic E-state index is -0.749. The van der Waals surface area contributed by atoms with Crippen LogP contribution in [0.4, 0.5) is 5.82 Å². The van der Waals surface area contributed by atoms with E-state index in [4.69, 9.17) is 14.5 Å². The molecule has 0 amide bonds. The average molecular weight is 481 g/mol. The number of ether oxygens (including phenoxy) is 2. The van der Waals surface area contributed by atoms with Crippen molar-refractivity contribution in [2.45, 2.75) is 65.2 Å². The van der Waals surface area contributed by atoms with Crippen molar-refractivity contribution in [2.24, 2.45) is 13.0 Å². The molecule has 1 saturated carbocycles. The summed E-state index contributed by atoms with van der Waals surface area (Å²) in [5.41, 5.74) is 2.93. The van der Waals surface area contributed by atoms with Gasteiger partial charge in [0.15, 0.2) is 11.6 Å². The molecule has 35 heavy (non-hydrogen) atoms. The molecule has 10 heteroatoms. The molecule has 3 heterocycles. The minimum Gasteiger partial charge on any atom is -0.489 e. The molecular weight excluding hydrogens is 448 g/mol. The van der Waals surface area contributed by atoms with E-state index in [1.54, 1.807) is 10.9 Å². The first kappa shape index (κ1) is 24.4. The predicted octanol–water partition coefficient (Wildman–Crippen LogP) is 4.00. The molecule has 0 saturated heterocycles. The zero-order valence-electron chi connectivity index (χ0n) is 20.6. The predicted molar refractivity (Wildman–Crippen MR) is 130 cm³/mol. The number of aromatic nitrogens is 5. The summed E-state index contributed by atoms with van der Waals surface area (Å²) in [6, 6.07) is 7.46. The zero-order valence-corrected chi connectivity index (χ0v) is 20.6. The number of rotatable bonds is 9. The van der Waals surface area contributed by atoms with Crippen molar-refractivity contribution < 1.29 is 19.4 Å². The van der Waals surface area contributed by atoms with Crippen LogP contribution in [-0.2, 0) is 18.4 Å². The topological polar surface area (TPSA) is 124 Å².